The van der Waals surface area contributed by atoms with Crippen LogP contribution in [0.2, 0.25) is 0 Å². The lowest BCUT2D eigenvalue weighted by Gasteiger charge is -2.21. The molecule has 0 aliphatic heterocycles. The molecule has 0 atom stereocenters. The van der Waals surface area contributed by atoms with E-state index in [1.807, 2.05) is 25.1 Å². The summed E-state index contributed by atoms with van der Waals surface area (Å²) in [6.45, 7) is 3.94. The van der Waals surface area contributed by atoms with Gasteiger partial charge < -0.3 is 19.1 Å². The largest absolute Gasteiger partial charge is 0.494 e. The molecule has 148 valence electrons. The van der Waals surface area contributed by atoms with Crippen molar-refractivity contribution >= 4 is 17.7 Å². The van der Waals surface area contributed by atoms with Crippen LogP contribution in [0, 0.1) is 6.92 Å². The van der Waals surface area contributed by atoms with Gasteiger partial charge in [0.25, 0.3) is 0 Å². The minimum absolute atomic E-state index is 0.0279. The number of amides is 1. The van der Waals surface area contributed by atoms with Crippen molar-refractivity contribution in [3.8, 4) is 11.4 Å². The SMILES string of the molecule is COCCN(CCOC)C(=O)CSc1nnnn1-c1cc(C)ccc1OC. The molecule has 1 amide bonds. The van der Waals surface area contributed by atoms with Crippen LogP contribution >= 0.6 is 11.8 Å². The van der Waals surface area contributed by atoms with E-state index < -0.39 is 0 Å². The molecule has 0 saturated heterocycles. The van der Waals surface area contributed by atoms with Crippen molar-refractivity contribution in [2.45, 2.75) is 12.1 Å². The predicted molar refractivity (Wildman–Crippen MR) is 101 cm³/mol. The van der Waals surface area contributed by atoms with E-state index in [9.17, 15) is 4.79 Å². The third-order valence-corrected chi connectivity index (χ3v) is 4.72. The van der Waals surface area contributed by atoms with Gasteiger partial charge in [-0.3, -0.25) is 4.79 Å². The molecule has 2 aromatic rings. The fourth-order valence-corrected chi connectivity index (χ4v) is 3.15. The second kappa shape index (κ2) is 10.9. The van der Waals surface area contributed by atoms with E-state index in [4.69, 9.17) is 14.2 Å². The molecule has 1 aromatic heterocycles. The van der Waals surface area contributed by atoms with Crippen molar-refractivity contribution in [1.82, 2.24) is 25.1 Å². The lowest BCUT2D eigenvalue weighted by Crippen LogP contribution is -2.37. The zero-order chi connectivity index (χ0) is 19.6. The highest BCUT2D eigenvalue weighted by atomic mass is 32.2. The Morgan fingerprint density at radius 1 is 1.19 bits per heavy atom. The van der Waals surface area contributed by atoms with Gasteiger partial charge in [-0.25, -0.2) is 0 Å². The monoisotopic (exact) mass is 395 g/mol. The number of aryl methyl sites for hydroxylation is 1. The van der Waals surface area contributed by atoms with Crippen molar-refractivity contribution in [2.24, 2.45) is 0 Å². The minimum Gasteiger partial charge on any atom is -0.494 e. The van der Waals surface area contributed by atoms with E-state index in [2.05, 4.69) is 15.5 Å². The van der Waals surface area contributed by atoms with Gasteiger partial charge in [-0.2, -0.15) is 4.68 Å². The molecule has 0 spiro atoms. The normalized spacial score (nSPS) is 10.8. The Balaban J connectivity index is 2.10. The van der Waals surface area contributed by atoms with Gasteiger partial charge in [-0.05, 0) is 35.0 Å². The second-order valence-corrected chi connectivity index (χ2v) is 6.65. The van der Waals surface area contributed by atoms with E-state index in [-0.39, 0.29) is 11.7 Å². The van der Waals surface area contributed by atoms with Gasteiger partial charge in [0.15, 0.2) is 0 Å². The number of nitrogens with zero attached hydrogens (tertiary/aromatic N) is 5. The zero-order valence-corrected chi connectivity index (χ0v) is 16.9. The Morgan fingerprint density at radius 3 is 2.52 bits per heavy atom. The Bertz CT molecular complexity index is 732. The second-order valence-electron chi connectivity index (χ2n) is 5.70. The van der Waals surface area contributed by atoms with Crippen molar-refractivity contribution < 1.29 is 19.0 Å². The first kappa shape index (κ1) is 21.1. The number of carbonyl (C=O) groups is 1. The molecule has 2 rings (SSSR count). The first-order valence-electron chi connectivity index (χ1n) is 8.42. The summed E-state index contributed by atoms with van der Waals surface area (Å²) >= 11 is 1.28. The van der Waals surface area contributed by atoms with Gasteiger partial charge in [0, 0.05) is 27.3 Å². The van der Waals surface area contributed by atoms with E-state index in [0.29, 0.717) is 37.2 Å². The predicted octanol–water partition coefficient (Wildman–Crippen LogP) is 1.19. The standard InChI is InChI=1S/C17H25N5O4S/c1-13-5-6-15(26-4)14(11-13)22-17(18-19-20-22)27-12-16(23)21(7-9-24-2)8-10-25-3/h5-6,11H,7-10,12H2,1-4H3. The maximum absolute atomic E-state index is 12.6. The van der Waals surface area contributed by atoms with Crippen LogP contribution in [0.5, 0.6) is 5.75 Å². The van der Waals surface area contributed by atoms with Crippen molar-refractivity contribution in [1.29, 1.82) is 0 Å². The highest BCUT2D eigenvalue weighted by Gasteiger charge is 2.18. The summed E-state index contributed by atoms with van der Waals surface area (Å²) in [4.78, 5) is 14.3. The number of carbonyl (C=O) groups excluding carboxylic acids is 1. The lowest BCUT2D eigenvalue weighted by atomic mass is 10.2. The first-order chi connectivity index (χ1) is 13.1. The van der Waals surface area contributed by atoms with Crippen LogP contribution in [0.25, 0.3) is 5.69 Å². The number of rotatable bonds is 11. The topological polar surface area (TPSA) is 91.6 Å². The molecule has 0 fully saturated rings. The molecule has 1 aromatic carbocycles. The Labute approximate surface area is 163 Å². The van der Waals surface area contributed by atoms with Crippen LogP contribution < -0.4 is 4.74 Å². The van der Waals surface area contributed by atoms with Crippen LogP contribution in [-0.2, 0) is 14.3 Å². The molecular weight excluding hydrogens is 370 g/mol. The molecule has 10 heteroatoms. The summed E-state index contributed by atoms with van der Waals surface area (Å²) < 4.78 is 17.1. The maximum atomic E-state index is 12.6. The molecule has 0 saturated carbocycles. The van der Waals surface area contributed by atoms with Gasteiger partial charge >= 0.3 is 0 Å². The Kier molecular flexibility index (Phi) is 8.49. The third-order valence-electron chi connectivity index (χ3n) is 3.81. The first-order valence-corrected chi connectivity index (χ1v) is 9.41. The summed E-state index contributed by atoms with van der Waals surface area (Å²) in [5.41, 5.74) is 1.78. The van der Waals surface area contributed by atoms with Gasteiger partial charge in [-0.15, -0.1) is 5.10 Å². The summed E-state index contributed by atoms with van der Waals surface area (Å²) in [5.74, 6) is 0.838. The fourth-order valence-electron chi connectivity index (χ4n) is 2.37. The highest BCUT2D eigenvalue weighted by molar-refractivity contribution is 7.99. The van der Waals surface area contributed by atoms with Crippen LogP contribution in [0.1, 0.15) is 5.56 Å². The molecule has 0 bridgehead atoms. The van der Waals surface area contributed by atoms with Crippen molar-refractivity contribution in [3.05, 3.63) is 23.8 Å². The number of aromatic nitrogens is 4. The zero-order valence-electron chi connectivity index (χ0n) is 16.0. The summed E-state index contributed by atoms with van der Waals surface area (Å²) in [6, 6.07) is 5.75. The van der Waals surface area contributed by atoms with Crippen LogP contribution in [-0.4, -0.2) is 84.4 Å². The Hall–Kier alpha value is -2.17. The number of benzene rings is 1. The van der Waals surface area contributed by atoms with E-state index in [1.165, 1.54) is 11.8 Å². The number of methoxy groups -OCH3 is 3. The van der Waals surface area contributed by atoms with E-state index in [0.717, 1.165) is 11.3 Å². The fraction of sp³-hybridized carbons (Fsp3) is 0.529. The lowest BCUT2D eigenvalue weighted by molar-refractivity contribution is -0.129. The summed E-state index contributed by atoms with van der Waals surface area (Å²) in [6.07, 6.45) is 0. The van der Waals surface area contributed by atoms with Crippen molar-refractivity contribution in [2.75, 3.05) is 53.4 Å². The molecule has 0 radical (unpaired) electrons. The molecular formula is C17H25N5O4S. The molecule has 1 heterocycles. The van der Waals surface area contributed by atoms with Crippen LogP contribution in [0.15, 0.2) is 23.4 Å². The number of ether oxygens (including phenoxy) is 3. The molecule has 27 heavy (non-hydrogen) atoms. The molecule has 0 unspecified atom stereocenters. The average molecular weight is 395 g/mol. The van der Waals surface area contributed by atoms with Gasteiger partial charge in [0.05, 0.1) is 26.1 Å². The summed E-state index contributed by atoms with van der Waals surface area (Å²) in [7, 11) is 4.81. The number of hydrogen-bond donors (Lipinski definition) is 0. The van der Waals surface area contributed by atoms with E-state index >= 15 is 0 Å². The molecule has 0 N–H and O–H groups in total. The van der Waals surface area contributed by atoms with E-state index in [1.54, 1.807) is 30.9 Å². The molecule has 0 aliphatic rings. The number of thioether (sulfide) groups is 1. The van der Waals surface area contributed by atoms with Gasteiger partial charge in [0.1, 0.15) is 11.4 Å². The summed E-state index contributed by atoms with van der Waals surface area (Å²) in [5, 5.41) is 12.4. The maximum Gasteiger partial charge on any atom is 0.233 e. The number of tetrazole rings is 1. The minimum atomic E-state index is -0.0279. The van der Waals surface area contributed by atoms with Crippen molar-refractivity contribution in [3.63, 3.8) is 0 Å². The molecule has 0 aliphatic carbocycles. The van der Waals surface area contributed by atoms with Gasteiger partial charge in [0.2, 0.25) is 11.1 Å². The molecule has 9 nitrogen and oxygen atoms in total. The third kappa shape index (κ3) is 5.91. The average Bonchev–Trinajstić information content (AvgIpc) is 3.14. The van der Waals surface area contributed by atoms with Gasteiger partial charge in [-0.1, -0.05) is 17.8 Å². The smallest absolute Gasteiger partial charge is 0.233 e. The number of hydrogen-bond acceptors (Lipinski definition) is 8. The Morgan fingerprint density at radius 2 is 1.89 bits per heavy atom. The quantitative estimate of drug-likeness (QED) is 0.524. The highest BCUT2D eigenvalue weighted by Crippen LogP contribution is 2.27. The van der Waals surface area contributed by atoms with Crippen LogP contribution in [0.4, 0.5) is 0 Å². The van der Waals surface area contributed by atoms with Crippen LogP contribution in [0.3, 0.4) is 0 Å².